The molecule has 0 radical (unpaired) electrons. The van der Waals surface area contributed by atoms with Gasteiger partial charge < -0.3 is 14.3 Å². The summed E-state index contributed by atoms with van der Waals surface area (Å²) in [5, 5.41) is 6.37. The Labute approximate surface area is 146 Å². The molecule has 0 aliphatic carbocycles. The van der Waals surface area contributed by atoms with Gasteiger partial charge in [0.1, 0.15) is 17.3 Å². The van der Waals surface area contributed by atoms with Crippen LogP contribution in [0.3, 0.4) is 0 Å². The third kappa shape index (κ3) is 3.41. The fraction of sp³-hybridized carbons (Fsp3) is 0.176. The van der Waals surface area contributed by atoms with Gasteiger partial charge in [0.15, 0.2) is 5.76 Å². The van der Waals surface area contributed by atoms with Crippen molar-refractivity contribution >= 4 is 27.5 Å². The number of halogens is 2. The molecule has 0 aliphatic heterocycles. The molecule has 0 saturated carbocycles. The number of carbonyl (C=O) groups is 1. The maximum absolute atomic E-state index is 13.8. The minimum absolute atomic E-state index is 0.0897. The van der Waals surface area contributed by atoms with Crippen molar-refractivity contribution in [1.82, 2.24) is 5.16 Å². The molecule has 124 valence electrons. The molecule has 1 aromatic carbocycles. The molecular weight excluding hydrogens is 379 g/mol. The van der Waals surface area contributed by atoms with Gasteiger partial charge in [-0.25, -0.2) is 4.39 Å². The van der Waals surface area contributed by atoms with Gasteiger partial charge in [-0.15, -0.1) is 0 Å². The fourth-order valence-corrected chi connectivity index (χ4v) is 2.63. The van der Waals surface area contributed by atoms with Crippen LogP contribution in [-0.4, -0.2) is 11.1 Å². The molecule has 2 heterocycles. The van der Waals surface area contributed by atoms with E-state index in [1.165, 1.54) is 12.1 Å². The van der Waals surface area contributed by atoms with E-state index in [0.29, 0.717) is 22.4 Å². The van der Waals surface area contributed by atoms with E-state index < -0.39 is 11.7 Å². The lowest BCUT2D eigenvalue weighted by Gasteiger charge is -2.05. The largest absolute Gasteiger partial charge is 0.456 e. The number of aryl methyl sites for hydroxylation is 2. The van der Waals surface area contributed by atoms with Crippen molar-refractivity contribution in [2.45, 2.75) is 20.3 Å². The molecule has 0 aliphatic rings. The Morgan fingerprint density at radius 3 is 2.75 bits per heavy atom. The fourth-order valence-electron chi connectivity index (χ4n) is 2.30. The van der Waals surface area contributed by atoms with Crippen molar-refractivity contribution in [3.8, 4) is 0 Å². The van der Waals surface area contributed by atoms with E-state index in [-0.39, 0.29) is 11.4 Å². The Morgan fingerprint density at radius 2 is 2.08 bits per heavy atom. The summed E-state index contributed by atoms with van der Waals surface area (Å²) in [6.07, 6.45) is 0.473. The Morgan fingerprint density at radius 1 is 1.29 bits per heavy atom. The summed E-state index contributed by atoms with van der Waals surface area (Å²) in [7, 11) is 0. The molecular formula is C17H14BrFN2O3. The van der Waals surface area contributed by atoms with Gasteiger partial charge in [0.2, 0.25) is 0 Å². The van der Waals surface area contributed by atoms with E-state index in [9.17, 15) is 9.18 Å². The van der Waals surface area contributed by atoms with E-state index in [1.54, 1.807) is 18.2 Å². The third-order valence-corrected chi connectivity index (χ3v) is 4.09. The van der Waals surface area contributed by atoms with Gasteiger partial charge in [-0.2, -0.15) is 0 Å². The molecule has 0 spiro atoms. The second-order valence-corrected chi connectivity index (χ2v) is 6.24. The zero-order chi connectivity index (χ0) is 17.3. The Hall–Kier alpha value is -2.41. The number of benzene rings is 1. The van der Waals surface area contributed by atoms with Crippen molar-refractivity contribution in [3.63, 3.8) is 0 Å². The van der Waals surface area contributed by atoms with Crippen LogP contribution >= 0.6 is 15.9 Å². The quantitative estimate of drug-likeness (QED) is 0.702. The summed E-state index contributed by atoms with van der Waals surface area (Å²) >= 11 is 3.17. The van der Waals surface area contributed by atoms with Crippen molar-refractivity contribution in [1.29, 1.82) is 0 Å². The van der Waals surface area contributed by atoms with Crippen LogP contribution in [0.4, 0.5) is 10.1 Å². The van der Waals surface area contributed by atoms with Crippen LogP contribution in [0.1, 0.15) is 33.3 Å². The first-order chi connectivity index (χ1) is 11.4. The first-order valence-electron chi connectivity index (χ1n) is 7.21. The lowest BCUT2D eigenvalue weighted by atomic mass is 10.1. The number of hydrogen-bond acceptors (Lipinski definition) is 4. The molecule has 3 rings (SSSR count). The van der Waals surface area contributed by atoms with E-state index in [0.717, 1.165) is 11.3 Å². The Bertz CT molecular complexity index is 882. The molecule has 24 heavy (non-hydrogen) atoms. The molecule has 0 bridgehead atoms. The summed E-state index contributed by atoms with van der Waals surface area (Å²) in [6.45, 7) is 3.67. The van der Waals surface area contributed by atoms with Gasteiger partial charge in [-0.3, -0.25) is 4.79 Å². The van der Waals surface area contributed by atoms with Gasteiger partial charge in [-0.05, 0) is 44.2 Å². The molecule has 0 atom stereocenters. The second-order valence-electron chi connectivity index (χ2n) is 5.32. The van der Waals surface area contributed by atoms with Crippen LogP contribution in [0.5, 0.6) is 0 Å². The van der Waals surface area contributed by atoms with Crippen molar-refractivity contribution < 1.29 is 18.1 Å². The average Bonchev–Trinajstić information content (AvgIpc) is 3.12. The number of furan rings is 1. The number of rotatable bonds is 4. The van der Waals surface area contributed by atoms with Crippen molar-refractivity contribution in [3.05, 3.63) is 69.2 Å². The molecule has 1 N–H and O–H groups in total. The predicted octanol–water partition coefficient (Wildman–Crippen LogP) is 4.63. The molecule has 1 amide bonds. The Kier molecular flexibility index (Phi) is 4.53. The van der Waals surface area contributed by atoms with E-state index in [2.05, 4.69) is 26.4 Å². The highest BCUT2D eigenvalue weighted by atomic mass is 79.9. The van der Waals surface area contributed by atoms with Crippen LogP contribution in [-0.2, 0) is 6.42 Å². The van der Waals surface area contributed by atoms with Gasteiger partial charge in [0.25, 0.3) is 5.91 Å². The van der Waals surface area contributed by atoms with Crippen LogP contribution in [0.25, 0.3) is 0 Å². The lowest BCUT2D eigenvalue weighted by Crippen LogP contribution is -2.12. The standard InChI is InChI=1S/C17H14BrFN2O3/c1-9-13(10(2)24-21-9)8-12-4-6-16(23-12)17(22)20-15-5-3-11(18)7-14(15)19/h3-7H,8H2,1-2H3,(H,20,22). The molecule has 0 unspecified atom stereocenters. The zero-order valence-corrected chi connectivity index (χ0v) is 14.6. The minimum atomic E-state index is -0.528. The number of aromatic nitrogens is 1. The van der Waals surface area contributed by atoms with Gasteiger partial charge in [0, 0.05) is 16.5 Å². The number of hydrogen-bond donors (Lipinski definition) is 1. The third-order valence-electron chi connectivity index (χ3n) is 3.60. The highest BCUT2D eigenvalue weighted by molar-refractivity contribution is 9.10. The molecule has 7 heteroatoms. The zero-order valence-electron chi connectivity index (χ0n) is 13.0. The topological polar surface area (TPSA) is 68.3 Å². The smallest absolute Gasteiger partial charge is 0.291 e. The number of nitrogens with one attached hydrogen (secondary N) is 1. The summed E-state index contributed by atoms with van der Waals surface area (Å²) in [6, 6.07) is 7.66. The maximum Gasteiger partial charge on any atom is 0.291 e. The molecule has 0 saturated heterocycles. The number of carbonyl (C=O) groups excluding carboxylic acids is 1. The van der Waals surface area contributed by atoms with Crippen LogP contribution in [0.15, 0.2) is 43.7 Å². The Balaban J connectivity index is 1.74. The van der Waals surface area contributed by atoms with E-state index in [4.69, 9.17) is 8.94 Å². The van der Waals surface area contributed by atoms with Gasteiger partial charge >= 0.3 is 0 Å². The van der Waals surface area contributed by atoms with E-state index in [1.807, 2.05) is 13.8 Å². The molecule has 2 aromatic heterocycles. The summed E-state index contributed by atoms with van der Waals surface area (Å²) < 4.78 is 25.0. The van der Waals surface area contributed by atoms with Crippen LogP contribution < -0.4 is 5.32 Å². The maximum atomic E-state index is 13.8. The van der Waals surface area contributed by atoms with Crippen molar-refractivity contribution in [2.75, 3.05) is 5.32 Å². The normalized spacial score (nSPS) is 10.8. The molecule has 0 fully saturated rings. The van der Waals surface area contributed by atoms with Crippen LogP contribution in [0.2, 0.25) is 0 Å². The number of amides is 1. The predicted molar refractivity (Wildman–Crippen MR) is 89.5 cm³/mol. The highest BCUT2D eigenvalue weighted by Crippen LogP contribution is 2.22. The summed E-state index contributed by atoms with van der Waals surface area (Å²) in [4.78, 5) is 12.2. The monoisotopic (exact) mass is 392 g/mol. The number of nitrogens with zero attached hydrogens (tertiary/aromatic N) is 1. The van der Waals surface area contributed by atoms with Gasteiger partial charge in [-0.1, -0.05) is 21.1 Å². The first kappa shape index (κ1) is 16.4. The minimum Gasteiger partial charge on any atom is -0.456 e. The molecule has 3 aromatic rings. The SMILES string of the molecule is Cc1noc(C)c1Cc1ccc(C(=O)Nc2ccc(Br)cc2F)o1. The first-order valence-corrected chi connectivity index (χ1v) is 8.00. The highest BCUT2D eigenvalue weighted by Gasteiger charge is 2.16. The van der Waals surface area contributed by atoms with Gasteiger partial charge in [0.05, 0.1) is 11.4 Å². The lowest BCUT2D eigenvalue weighted by molar-refractivity contribution is 0.0994. The van der Waals surface area contributed by atoms with Crippen LogP contribution in [0, 0.1) is 19.7 Å². The molecule has 5 nitrogen and oxygen atoms in total. The average molecular weight is 393 g/mol. The van der Waals surface area contributed by atoms with E-state index >= 15 is 0 Å². The van der Waals surface area contributed by atoms with Crippen molar-refractivity contribution in [2.24, 2.45) is 0 Å². The summed E-state index contributed by atoms with van der Waals surface area (Å²) in [5.74, 6) is 0.387. The number of anilines is 1. The second kappa shape index (κ2) is 6.60. The summed E-state index contributed by atoms with van der Waals surface area (Å²) in [5.41, 5.74) is 1.80.